The molecule has 1 aromatic carbocycles. The van der Waals surface area contributed by atoms with E-state index in [-0.39, 0.29) is 11.9 Å². The zero-order valence-corrected chi connectivity index (χ0v) is 12.5. The third-order valence-corrected chi connectivity index (χ3v) is 4.78. The van der Waals surface area contributed by atoms with Crippen molar-refractivity contribution in [3.8, 4) is 0 Å². The van der Waals surface area contributed by atoms with Gasteiger partial charge in [0.1, 0.15) is 0 Å². The molecule has 4 heteroatoms. The van der Waals surface area contributed by atoms with Crippen molar-refractivity contribution in [2.75, 3.05) is 0 Å². The number of amides is 1. The first-order valence-corrected chi connectivity index (χ1v) is 7.92. The maximum Gasteiger partial charge on any atom is 0.217 e. The lowest BCUT2D eigenvalue weighted by Gasteiger charge is -2.32. The number of carbonyl (C=O) groups excluding carboxylic acids is 1. The van der Waals surface area contributed by atoms with Crippen molar-refractivity contribution in [2.24, 2.45) is 0 Å². The van der Waals surface area contributed by atoms with Crippen LogP contribution in [0.5, 0.6) is 0 Å². The highest BCUT2D eigenvalue weighted by Crippen LogP contribution is 2.32. The molecule has 2 atom stereocenters. The molecule has 0 radical (unpaired) electrons. The molecule has 0 aromatic heterocycles. The van der Waals surface area contributed by atoms with Gasteiger partial charge in [0, 0.05) is 25.0 Å². The Morgan fingerprint density at radius 1 is 1.14 bits per heavy atom. The van der Waals surface area contributed by atoms with Gasteiger partial charge in [-0.05, 0) is 43.2 Å². The van der Waals surface area contributed by atoms with Gasteiger partial charge in [-0.15, -0.1) is 0 Å². The Bertz CT molecular complexity index is 509. The average Bonchev–Trinajstić information content (AvgIpc) is 2.78. The number of fused-ring (bicyclic) bond motifs is 1. The lowest BCUT2D eigenvalue weighted by atomic mass is 9.90. The summed E-state index contributed by atoms with van der Waals surface area (Å²) >= 11 is 0. The van der Waals surface area contributed by atoms with Crippen LogP contribution in [0.2, 0.25) is 0 Å². The molecule has 0 saturated heterocycles. The van der Waals surface area contributed by atoms with Crippen LogP contribution in [0, 0.1) is 0 Å². The number of nitrogens with one attached hydrogen (secondary N) is 2. The second kappa shape index (κ2) is 6.16. The Balaban J connectivity index is 1.52. The minimum absolute atomic E-state index is 0.0630. The van der Waals surface area contributed by atoms with Crippen LogP contribution in [0.15, 0.2) is 24.3 Å². The topological polar surface area (TPSA) is 61.4 Å². The van der Waals surface area contributed by atoms with Gasteiger partial charge >= 0.3 is 0 Å². The summed E-state index contributed by atoms with van der Waals surface area (Å²) < 4.78 is 0. The predicted octanol–water partition coefficient (Wildman–Crippen LogP) is 1.68. The van der Waals surface area contributed by atoms with Crippen LogP contribution >= 0.6 is 0 Å². The lowest BCUT2D eigenvalue weighted by Crippen LogP contribution is -2.46. The lowest BCUT2D eigenvalue weighted by molar-refractivity contribution is -0.119. The van der Waals surface area contributed by atoms with Crippen LogP contribution in [0.1, 0.15) is 49.8 Å². The average molecular weight is 288 g/mol. The highest BCUT2D eigenvalue weighted by Gasteiger charge is 2.33. The first-order valence-electron chi connectivity index (χ1n) is 7.92. The SMILES string of the molecule is CC(=O)NC1CCC(N[C@H]2Cc3ccccc3[C@@H]2O)CC1. The Morgan fingerprint density at radius 3 is 2.48 bits per heavy atom. The highest BCUT2D eigenvalue weighted by atomic mass is 16.3. The van der Waals surface area contributed by atoms with E-state index in [1.165, 1.54) is 5.56 Å². The van der Waals surface area contributed by atoms with E-state index in [0.717, 1.165) is 37.7 Å². The minimum atomic E-state index is -0.394. The number of hydrogen-bond acceptors (Lipinski definition) is 3. The predicted molar refractivity (Wildman–Crippen MR) is 81.9 cm³/mol. The van der Waals surface area contributed by atoms with E-state index in [4.69, 9.17) is 0 Å². The maximum absolute atomic E-state index is 11.1. The number of aliphatic hydroxyl groups excluding tert-OH is 1. The molecule has 1 saturated carbocycles. The first kappa shape index (κ1) is 14.5. The molecule has 3 rings (SSSR count). The largest absolute Gasteiger partial charge is 0.387 e. The standard InChI is InChI=1S/C17H24N2O2/c1-11(20)18-13-6-8-14(9-7-13)19-16-10-12-4-2-3-5-15(12)17(16)21/h2-5,13-14,16-17,19,21H,6-10H2,1H3,(H,18,20)/t13?,14?,16-,17-/m0/s1. The second-order valence-electron chi connectivity index (χ2n) is 6.37. The summed E-state index contributed by atoms with van der Waals surface area (Å²) in [4.78, 5) is 11.1. The molecule has 0 bridgehead atoms. The molecule has 1 amide bonds. The molecular weight excluding hydrogens is 264 g/mol. The molecule has 1 aromatic rings. The van der Waals surface area contributed by atoms with E-state index in [0.29, 0.717) is 12.1 Å². The summed E-state index contributed by atoms with van der Waals surface area (Å²) in [5.41, 5.74) is 2.33. The molecule has 0 spiro atoms. The van der Waals surface area contributed by atoms with E-state index in [9.17, 15) is 9.90 Å². The zero-order chi connectivity index (χ0) is 14.8. The summed E-state index contributed by atoms with van der Waals surface area (Å²) in [6.07, 6.45) is 4.67. The van der Waals surface area contributed by atoms with E-state index in [1.807, 2.05) is 18.2 Å². The van der Waals surface area contributed by atoms with Gasteiger partial charge in [-0.25, -0.2) is 0 Å². The normalized spacial score (nSPS) is 31.7. The van der Waals surface area contributed by atoms with Crippen molar-refractivity contribution in [3.05, 3.63) is 35.4 Å². The second-order valence-corrected chi connectivity index (χ2v) is 6.37. The summed E-state index contributed by atoms with van der Waals surface area (Å²) in [7, 11) is 0. The van der Waals surface area contributed by atoms with Gasteiger partial charge in [-0.2, -0.15) is 0 Å². The summed E-state index contributed by atoms with van der Waals surface area (Å²) in [5.74, 6) is 0.0630. The molecule has 0 aliphatic heterocycles. The van der Waals surface area contributed by atoms with Crippen molar-refractivity contribution in [2.45, 2.75) is 63.3 Å². The number of rotatable bonds is 3. The van der Waals surface area contributed by atoms with Crippen LogP contribution in [0.3, 0.4) is 0 Å². The van der Waals surface area contributed by atoms with Gasteiger partial charge in [-0.3, -0.25) is 4.79 Å². The molecular formula is C17H24N2O2. The molecule has 2 aliphatic carbocycles. The van der Waals surface area contributed by atoms with E-state index in [1.54, 1.807) is 6.92 Å². The van der Waals surface area contributed by atoms with Crippen LogP contribution in [0.4, 0.5) is 0 Å². The first-order chi connectivity index (χ1) is 10.1. The molecule has 0 unspecified atom stereocenters. The highest BCUT2D eigenvalue weighted by molar-refractivity contribution is 5.73. The van der Waals surface area contributed by atoms with Crippen molar-refractivity contribution in [3.63, 3.8) is 0 Å². The number of aliphatic hydroxyl groups is 1. The van der Waals surface area contributed by atoms with Gasteiger partial charge in [0.25, 0.3) is 0 Å². The monoisotopic (exact) mass is 288 g/mol. The Labute approximate surface area is 125 Å². The third-order valence-electron chi connectivity index (χ3n) is 4.78. The minimum Gasteiger partial charge on any atom is -0.387 e. The molecule has 114 valence electrons. The van der Waals surface area contributed by atoms with Gasteiger partial charge in [0.2, 0.25) is 5.91 Å². The number of hydrogen-bond donors (Lipinski definition) is 3. The van der Waals surface area contributed by atoms with Crippen LogP contribution < -0.4 is 10.6 Å². The number of benzene rings is 1. The van der Waals surface area contributed by atoms with E-state index in [2.05, 4.69) is 16.7 Å². The fourth-order valence-electron chi connectivity index (χ4n) is 3.72. The van der Waals surface area contributed by atoms with Crippen molar-refractivity contribution < 1.29 is 9.90 Å². The van der Waals surface area contributed by atoms with Gasteiger partial charge in [0.15, 0.2) is 0 Å². The fraction of sp³-hybridized carbons (Fsp3) is 0.588. The summed E-state index contributed by atoms with van der Waals surface area (Å²) in [6.45, 7) is 1.58. The molecule has 2 aliphatic rings. The Kier molecular flexibility index (Phi) is 4.27. The third kappa shape index (κ3) is 3.27. The quantitative estimate of drug-likeness (QED) is 0.793. The smallest absolute Gasteiger partial charge is 0.217 e. The molecule has 21 heavy (non-hydrogen) atoms. The van der Waals surface area contributed by atoms with Crippen molar-refractivity contribution in [1.29, 1.82) is 0 Å². The molecule has 4 nitrogen and oxygen atoms in total. The van der Waals surface area contributed by atoms with Crippen molar-refractivity contribution in [1.82, 2.24) is 10.6 Å². The van der Waals surface area contributed by atoms with Crippen LogP contribution in [-0.2, 0) is 11.2 Å². The molecule has 0 heterocycles. The maximum atomic E-state index is 11.1. The summed E-state index contributed by atoms with van der Waals surface area (Å²) in [5, 5.41) is 17.1. The zero-order valence-electron chi connectivity index (χ0n) is 12.5. The van der Waals surface area contributed by atoms with Crippen LogP contribution in [-0.4, -0.2) is 29.1 Å². The summed E-state index contributed by atoms with van der Waals surface area (Å²) in [6, 6.07) is 9.05. The van der Waals surface area contributed by atoms with Gasteiger partial charge in [-0.1, -0.05) is 24.3 Å². The van der Waals surface area contributed by atoms with E-state index >= 15 is 0 Å². The van der Waals surface area contributed by atoms with E-state index < -0.39 is 6.10 Å². The molecule has 3 N–H and O–H groups in total. The number of carbonyl (C=O) groups is 1. The van der Waals surface area contributed by atoms with Crippen molar-refractivity contribution >= 4 is 5.91 Å². The fourth-order valence-corrected chi connectivity index (χ4v) is 3.72. The molecule has 1 fully saturated rings. The van der Waals surface area contributed by atoms with Gasteiger partial charge < -0.3 is 15.7 Å². The van der Waals surface area contributed by atoms with Gasteiger partial charge in [0.05, 0.1) is 6.10 Å². The Hall–Kier alpha value is -1.39. The van der Waals surface area contributed by atoms with Crippen LogP contribution in [0.25, 0.3) is 0 Å². The Morgan fingerprint density at radius 2 is 1.81 bits per heavy atom.